The SMILES string of the molecule is BrCC1(CN2CCN(c3ncccn3)CC2)CC1. The molecule has 0 amide bonds. The quantitative estimate of drug-likeness (QED) is 0.794. The Morgan fingerprint density at radius 3 is 2.33 bits per heavy atom. The van der Waals surface area contributed by atoms with Crippen molar-refractivity contribution in [2.24, 2.45) is 5.41 Å². The van der Waals surface area contributed by atoms with Gasteiger partial charge in [0, 0.05) is 50.4 Å². The highest BCUT2D eigenvalue weighted by Gasteiger charge is 2.43. The summed E-state index contributed by atoms with van der Waals surface area (Å²) >= 11 is 3.65. The molecule has 0 N–H and O–H groups in total. The lowest BCUT2D eigenvalue weighted by Crippen LogP contribution is -2.48. The molecule has 98 valence electrons. The summed E-state index contributed by atoms with van der Waals surface area (Å²) in [6.07, 6.45) is 6.41. The van der Waals surface area contributed by atoms with Gasteiger partial charge >= 0.3 is 0 Å². The summed E-state index contributed by atoms with van der Waals surface area (Å²) in [4.78, 5) is 13.5. The maximum Gasteiger partial charge on any atom is 0.225 e. The summed E-state index contributed by atoms with van der Waals surface area (Å²) < 4.78 is 0. The van der Waals surface area contributed by atoms with Crippen molar-refractivity contribution in [2.45, 2.75) is 12.8 Å². The topological polar surface area (TPSA) is 32.3 Å². The molecule has 0 radical (unpaired) electrons. The highest BCUT2D eigenvalue weighted by molar-refractivity contribution is 9.09. The first-order valence-electron chi connectivity index (χ1n) is 6.62. The Labute approximate surface area is 117 Å². The molecule has 0 aromatic carbocycles. The molecule has 4 nitrogen and oxygen atoms in total. The molecule has 2 heterocycles. The molecule has 1 aromatic heterocycles. The molecule has 2 aliphatic rings. The zero-order valence-electron chi connectivity index (χ0n) is 10.6. The van der Waals surface area contributed by atoms with E-state index in [4.69, 9.17) is 0 Å². The Balaban J connectivity index is 1.52. The molecule has 0 bridgehead atoms. The number of hydrogen-bond donors (Lipinski definition) is 0. The Morgan fingerprint density at radius 1 is 1.11 bits per heavy atom. The van der Waals surface area contributed by atoms with E-state index < -0.39 is 0 Å². The lowest BCUT2D eigenvalue weighted by atomic mass is 10.1. The molecule has 0 unspecified atom stereocenters. The Hall–Kier alpha value is -0.680. The number of alkyl halides is 1. The van der Waals surface area contributed by atoms with Crippen LogP contribution in [0.1, 0.15) is 12.8 Å². The van der Waals surface area contributed by atoms with Gasteiger partial charge in [0.05, 0.1) is 0 Å². The van der Waals surface area contributed by atoms with Crippen molar-refractivity contribution in [2.75, 3.05) is 43.0 Å². The lowest BCUT2D eigenvalue weighted by Gasteiger charge is -2.36. The van der Waals surface area contributed by atoms with Crippen LogP contribution in [0.15, 0.2) is 18.5 Å². The fourth-order valence-electron chi connectivity index (χ4n) is 2.55. The fraction of sp³-hybridized carbons (Fsp3) is 0.692. The zero-order chi connectivity index (χ0) is 12.4. The predicted molar refractivity (Wildman–Crippen MR) is 76.1 cm³/mol. The lowest BCUT2D eigenvalue weighted by molar-refractivity contribution is 0.218. The van der Waals surface area contributed by atoms with Crippen molar-refractivity contribution >= 4 is 21.9 Å². The van der Waals surface area contributed by atoms with Gasteiger partial charge in [-0.2, -0.15) is 0 Å². The van der Waals surface area contributed by atoms with Crippen molar-refractivity contribution in [3.05, 3.63) is 18.5 Å². The third kappa shape index (κ3) is 2.67. The third-order valence-corrected chi connectivity index (χ3v) is 5.20. The van der Waals surface area contributed by atoms with Gasteiger partial charge in [-0.05, 0) is 24.3 Å². The number of nitrogens with zero attached hydrogens (tertiary/aromatic N) is 4. The Morgan fingerprint density at radius 2 is 1.78 bits per heavy atom. The van der Waals surface area contributed by atoms with Gasteiger partial charge in [0.15, 0.2) is 0 Å². The van der Waals surface area contributed by atoms with Gasteiger partial charge in [-0.15, -0.1) is 0 Å². The van der Waals surface area contributed by atoms with Crippen molar-refractivity contribution in [3.63, 3.8) is 0 Å². The maximum absolute atomic E-state index is 4.32. The predicted octanol–water partition coefficient (Wildman–Crippen LogP) is 1.77. The van der Waals surface area contributed by atoms with Crippen molar-refractivity contribution < 1.29 is 0 Å². The van der Waals surface area contributed by atoms with Crippen LogP contribution in [0.3, 0.4) is 0 Å². The largest absolute Gasteiger partial charge is 0.338 e. The summed E-state index contributed by atoms with van der Waals surface area (Å²) in [6, 6.07) is 1.87. The third-order valence-electron chi connectivity index (χ3n) is 4.01. The van der Waals surface area contributed by atoms with E-state index >= 15 is 0 Å². The molecule has 1 saturated carbocycles. The Bertz CT molecular complexity index is 385. The summed E-state index contributed by atoms with van der Waals surface area (Å²) in [5, 5.41) is 1.15. The fourth-order valence-corrected chi connectivity index (χ4v) is 3.28. The average Bonchev–Trinajstić information content (AvgIpc) is 3.21. The van der Waals surface area contributed by atoms with Gasteiger partial charge in [0.1, 0.15) is 0 Å². The van der Waals surface area contributed by atoms with E-state index in [9.17, 15) is 0 Å². The molecule has 1 aliphatic heterocycles. The van der Waals surface area contributed by atoms with Crippen LogP contribution in [0.5, 0.6) is 0 Å². The first kappa shape index (κ1) is 12.4. The van der Waals surface area contributed by atoms with E-state index in [2.05, 4.69) is 35.7 Å². The highest BCUT2D eigenvalue weighted by atomic mass is 79.9. The van der Waals surface area contributed by atoms with Crippen LogP contribution < -0.4 is 4.90 Å². The van der Waals surface area contributed by atoms with Crippen LogP contribution >= 0.6 is 15.9 Å². The molecular formula is C13H19BrN4. The van der Waals surface area contributed by atoms with Crippen molar-refractivity contribution in [3.8, 4) is 0 Å². The van der Waals surface area contributed by atoms with E-state index in [1.807, 2.05) is 18.5 Å². The second-order valence-corrected chi connectivity index (χ2v) is 6.01. The minimum atomic E-state index is 0.589. The molecule has 18 heavy (non-hydrogen) atoms. The number of piperazine rings is 1. The van der Waals surface area contributed by atoms with E-state index in [1.165, 1.54) is 19.4 Å². The second-order valence-electron chi connectivity index (χ2n) is 5.45. The van der Waals surface area contributed by atoms with Crippen LogP contribution in [0.25, 0.3) is 0 Å². The number of aromatic nitrogens is 2. The summed E-state index contributed by atoms with van der Waals surface area (Å²) in [7, 11) is 0. The summed E-state index contributed by atoms with van der Waals surface area (Å²) in [5.41, 5.74) is 0.589. The molecular weight excluding hydrogens is 292 g/mol. The molecule has 0 spiro atoms. The monoisotopic (exact) mass is 310 g/mol. The average molecular weight is 311 g/mol. The van der Waals surface area contributed by atoms with Crippen LogP contribution in [-0.2, 0) is 0 Å². The minimum Gasteiger partial charge on any atom is -0.338 e. The molecule has 3 rings (SSSR count). The smallest absolute Gasteiger partial charge is 0.225 e. The van der Waals surface area contributed by atoms with Gasteiger partial charge in [-0.3, -0.25) is 4.90 Å². The molecule has 5 heteroatoms. The standard InChI is InChI=1S/C13H19BrN4/c14-10-13(2-3-13)11-17-6-8-18(9-7-17)12-15-4-1-5-16-12/h1,4-5H,2-3,6-11H2. The van der Waals surface area contributed by atoms with E-state index in [-0.39, 0.29) is 0 Å². The van der Waals surface area contributed by atoms with Gasteiger partial charge in [0.25, 0.3) is 0 Å². The molecule has 0 atom stereocenters. The van der Waals surface area contributed by atoms with Crippen LogP contribution in [0.2, 0.25) is 0 Å². The van der Waals surface area contributed by atoms with E-state index in [1.54, 1.807) is 0 Å². The first-order valence-corrected chi connectivity index (χ1v) is 7.74. The zero-order valence-corrected chi connectivity index (χ0v) is 12.1. The van der Waals surface area contributed by atoms with Crippen molar-refractivity contribution in [1.29, 1.82) is 0 Å². The number of hydrogen-bond acceptors (Lipinski definition) is 4. The molecule has 1 aliphatic carbocycles. The Kier molecular flexibility index (Phi) is 3.52. The summed E-state index contributed by atoms with van der Waals surface area (Å²) in [5.74, 6) is 0.874. The van der Waals surface area contributed by atoms with Crippen molar-refractivity contribution in [1.82, 2.24) is 14.9 Å². The molecule has 1 saturated heterocycles. The maximum atomic E-state index is 4.32. The van der Waals surface area contributed by atoms with Crippen LogP contribution in [0, 0.1) is 5.41 Å². The number of rotatable bonds is 4. The van der Waals surface area contributed by atoms with Crippen LogP contribution in [0.4, 0.5) is 5.95 Å². The van der Waals surface area contributed by atoms with Gasteiger partial charge < -0.3 is 4.90 Å². The minimum absolute atomic E-state index is 0.589. The number of anilines is 1. The summed E-state index contributed by atoms with van der Waals surface area (Å²) in [6.45, 7) is 5.60. The number of halogens is 1. The molecule has 1 aromatic rings. The van der Waals surface area contributed by atoms with E-state index in [0.717, 1.165) is 37.5 Å². The van der Waals surface area contributed by atoms with Gasteiger partial charge in [0.2, 0.25) is 5.95 Å². The van der Waals surface area contributed by atoms with Gasteiger partial charge in [-0.1, -0.05) is 15.9 Å². The van der Waals surface area contributed by atoms with E-state index in [0.29, 0.717) is 5.41 Å². The first-order chi connectivity index (χ1) is 8.81. The van der Waals surface area contributed by atoms with Crippen LogP contribution in [-0.4, -0.2) is 52.9 Å². The molecule has 2 fully saturated rings. The van der Waals surface area contributed by atoms with Gasteiger partial charge in [-0.25, -0.2) is 9.97 Å². The highest BCUT2D eigenvalue weighted by Crippen LogP contribution is 2.47. The normalized spacial score (nSPS) is 23.1. The second kappa shape index (κ2) is 5.13.